The largest absolute Gasteiger partial charge is 0.490 e. The summed E-state index contributed by atoms with van der Waals surface area (Å²) in [5.74, 6) is 0.651. The van der Waals surface area contributed by atoms with Gasteiger partial charge in [0.2, 0.25) is 20.0 Å². The average molecular weight is 496 g/mol. The highest BCUT2D eigenvalue weighted by Gasteiger charge is 2.31. The SMILES string of the molecule is CNS(=O)(=O)c1ccc(C(=O)N2CCN(S(=O)(=O)c3ccc4c(c3)OCCCO4)CC2)cc1. The van der Waals surface area contributed by atoms with Gasteiger partial charge in [-0.25, -0.2) is 21.6 Å². The van der Waals surface area contributed by atoms with Crippen LogP contribution in [0.1, 0.15) is 16.8 Å². The molecule has 0 atom stereocenters. The molecular formula is C21H25N3O7S2. The summed E-state index contributed by atoms with van der Waals surface area (Å²) in [6.07, 6.45) is 0.723. The summed E-state index contributed by atoms with van der Waals surface area (Å²) in [6, 6.07) is 10.2. The van der Waals surface area contributed by atoms with Crippen LogP contribution in [-0.2, 0) is 20.0 Å². The first-order valence-corrected chi connectivity index (χ1v) is 13.4. The highest BCUT2D eigenvalue weighted by Crippen LogP contribution is 2.33. The molecule has 2 aromatic rings. The molecule has 2 aliphatic rings. The third-order valence-corrected chi connectivity index (χ3v) is 8.89. The van der Waals surface area contributed by atoms with Gasteiger partial charge in [-0.1, -0.05) is 0 Å². The first-order valence-electron chi connectivity index (χ1n) is 10.4. The molecule has 1 N–H and O–H groups in total. The molecule has 2 heterocycles. The maximum atomic E-state index is 13.1. The van der Waals surface area contributed by atoms with Gasteiger partial charge in [-0.3, -0.25) is 4.79 Å². The molecule has 0 bridgehead atoms. The first kappa shape index (κ1) is 23.5. The maximum Gasteiger partial charge on any atom is 0.253 e. The van der Waals surface area contributed by atoms with Crippen LogP contribution in [0.15, 0.2) is 52.3 Å². The molecule has 0 unspecified atom stereocenters. The van der Waals surface area contributed by atoms with Crippen molar-refractivity contribution in [2.24, 2.45) is 0 Å². The van der Waals surface area contributed by atoms with E-state index >= 15 is 0 Å². The van der Waals surface area contributed by atoms with Gasteiger partial charge in [-0.2, -0.15) is 4.31 Å². The van der Waals surface area contributed by atoms with Crippen molar-refractivity contribution in [3.05, 3.63) is 48.0 Å². The number of nitrogens with one attached hydrogen (secondary N) is 1. The lowest BCUT2D eigenvalue weighted by Crippen LogP contribution is -2.50. The summed E-state index contributed by atoms with van der Waals surface area (Å²) in [6.45, 7) is 1.71. The molecule has 2 aromatic carbocycles. The molecule has 2 aliphatic heterocycles. The van der Waals surface area contributed by atoms with E-state index in [-0.39, 0.29) is 41.9 Å². The number of ether oxygens (including phenoxy) is 2. The van der Waals surface area contributed by atoms with Crippen LogP contribution in [0.25, 0.3) is 0 Å². The Hall–Kier alpha value is -2.67. The van der Waals surface area contributed by atoms with Gasteiger partial charge in [-0.05, 0) is 43.4 Å². The van der Waals surface area contributed by atoms with E-state index in [0.717, 1.165) is 6.42 Å². The molecule has 10 nitrogen and oxygen atoms in total. The Morgan fingerprint density at radius 3 is 2.09 bits per heavy atom. The number of carbonyl (C=O) groups excluding carboxylic acids is 1. The lowest BCUT2D eigenvalue weighted by Gasteiger charge is -2.34. The highest BCUT2D eigenvalue weighted by atomic mass is 32.2. The lowest BCUT2D eigenvalue weighted by atomic mass is 10.2. The predicted octanol–water partition coefficient (Wildman–Crippen LogP) is 0.903. The Labute approximate surface area is 193 Å². The molecule has 0 spiro atoms. The minimum absolute atomic E-state index is 0.0626. The van der Waals surface area contributed by atoms with E-state index < -0.39 is 20.0 Å². The van der Waals surface area contributed by atoms with Crippen LogP contribution in [0.4, 0.5) is 0 Å². The zero-order valence-corrected chi connectivity index (χ0v) is 19.7. The zero-order valence-electron chi connectivity index (χ0n) is 18.1. The number of rotatable bonds is 5. The molecule has 4 rings (SSSR count). The second-order valence-electron chi connectivity index (χ2n) is 7.59. The lowest BCUT2D eigenvalue weighted by molar-refractivity contribution is 0.0698. The number of carbonyl (C=O) groups is 1. The smallest absolute Gasteiger partial charge is 0.253 e. The van der Waals surface area contributed by atoms with Crippen molar-refractivity contribution in [3.8, 4) is 11.5 Å². The monoisotopic (exact) mass is 495 g/mol. The molecule has 1 amide bonds. The van der Waals surface area contributed by atoms with Crippen LogP contribution in [0, 0.1) is 0 Å². The maximum absolute atomic E-state index is 13.1. The second kappa shape index (κ2) is 9.29. The Morgan fingerprint density at radius 2 is 1.45 bits per heavy atom. The fourth-order valence-corrected chi connectivity index (χ4v) is 5.83. The number of benzene rings is 2. The Morgan fingerprint density at radius 1 is 0.848 bits per heavy atom. The molecule has 0 radical (unpaired) electrons. The van der Waals surface area contributed by atoms with Crippen LogP contribution in [0.3, 0.4) is 0 Å². The standard InChI is InChI=1S/C21H25N3O7S2/c1-22-32(26,27)17-5-3-16(4-6-17)21(25)23-9-11-24(12-10-23)33(28,29)18-7-8-19-20(15-18)31-14-2-13-30-19/h3-8,15,22H,2,9-14H2,1H3. The van der Waals surface area contributed by atoms with E-state index in [1.807, 2.05) is 0 Å². The third kappa shape index (κ3) is 4.83. The van der Waals surface area contributed by atoms with Crippen molar-refractivity contribution >= 4 is 26.0 Å². The van der Waals surface area contributed by atoms with Gasteiger partial charge < -0.3 is 14.4 Å². The predicted molar refractivity (Wildman–Crippen MR) is 119 cm³/mol. The van der Waals surface area contributed by atoms with E-state index in [0.29, 0.717) is 30.3 Å². The number of amides is 1. The molecule has 12 heteroatoms. The number of hydrogen-bond acceptors (Lipinski definition) is 7. The summed E-state index contributed by atoms with van der Waals surface area (Å²) >= 11 is 0. The van der Waals surface area contributed by atoms with E-state index in [1.54, 1.807) is 11.0 Å². The molecule has 0 aliphatic carbocycles. The van der Waals surface area contributed by atoms with Crippen LogP contribution in [-0.4, -0.2) is 78.4 Å². The fourth-order valence-electron chi connectivity index (χ4n) is 3.66. The topological polar surface area (TPSA) is 122 Å². The summed E-state index contributed by atoms with van der Waals surface area (Å²) in [5.41, 5.74) is 0.337. The minimum atomic E-state index is -3.76. The molecule has 0 saturated carbocycles. The summed E-state index contributed by atoms with van der Waals surface area (Å²) in [5, 5.41) is 0. The van der Waals surface area contributed by atoms with E-state index in [9.17, 15) is 21.6 Å². The Bertz CT molecular complexity index is 1240. The number of sulfonamides is 2. The quantitative estimate of drug-likeness (QED) is 0.654. The van der Waals surface area contributed by atoms with Crippen molar-refractivity contribution in [3.63, 3.8) is 0 Å². The second-order valence-corrected chi connectivity index (χ2v) is 11.4. The number of nitrogens with zero attached hydrogens (tertiary/aromatic N) is 2. The van der Waals surface area contributed by atoms with Gasteiger partial charge >= 0.3 is 0 Å². The van der Waals surface area contributed by atoms with Crippen molar-refractivity contribution < 1.29 is 31.1 Å². The normalized spacial score (nSPS) is 17.4. The highest BCUT2D eigenvalue weighted by molar-refractivity contribution is 7.89. The van der Waals surface area contributed by atoms with Gasteiger partial charge in [-0.15, -0.1) is 0 Å². The van der Waals surface area contributed by atoms with Crippen LogP contribution in [0.5, 0.6) is 11.5 Å². The van der Waals surface area contributed by atoms with Gasteiger partial charge in [0.25, 0.3) is 5.91 Å². The summed E-state index contributed by atoms with van der Waals surface area (Å²) < 4.78 is 64.7. The van der Waals surface area contributed by atoms with Gasteiger partial charge in [0.1, 0.15) is 0 Å². The van der Waals surface area contributed by atoms with Crippen LogP contribution < -0.4 is 14.2 Å². The summed E-state index contributed by atoms with van der Waals surface area (Å²) in [7, 11) is -6.03. The first-order chi connectivity index (χ1) is 15.7. The van der Waals surface area contributed by atoms with E-state index in [2.05, 4.69) is 4.72 Å². The molecule has 0 aromatic heterocycles. The minimum Gasteiger partial charge on any atom is -0.490 e. The van der Waals surface area contributed by atoms with Crippen molar-refractivity contribution in [1.29, 1.82) is 0 Å². The van der Waals surface area contributed by atoms with Gasteiger partial charge in [0.15, 0.2) is 11.5 Å². The molecular weight excluding hydrogens is 470 g/mol. The van der Waals surface area contributed by atoms with Gasteiger partial charge in [0, 0.05) is 44.2 Å². The average Bonchev–Trinajstić information content (AvgIpc) is 3.08. The van der Waals surface area contributed by atoms with Gasteiger partial charge in [0.05, 0.1) is 23.0 Å². The third-order valence-electron chi connectivity index (χ3n) is 5.56. The number of hydrogen-bond donors (Lipinski definition) is 1. The zero-order chi connectivity index (χ0) is 23.6. The Kier molecular flexibility index (Phi) is 6.61. The molecule has 178 valence electrons. The van der Waals surface area contributed by atoms with Crippen molar-refractivity contribution in [2.75, 3.05) is 46.4 Å². The van der Waals surface area contributed by atoms with Crippen LogP contribution in [0.2, 0.25) is 0 Å². The molecule has 1 saturated heterocycles. The number of fused-ring (bicyclic) bond motifs is 1. The van der Waals surface area contributed by atoms with E-state index in [4.69, 9.17) is 9.47 Å². The molecule has 33 heavy (non-hydrogen) atoms. The fraction of sp³-hybridized carbons (Fsp3) is 0.381. The van der Waals surface area contributed by atoms with Crippen molar-refractivity contribution in [1.82, 2.24) is 13.9 Å². The van der Waals surface area contributed by atoms with E-state index in [1.165, 1.54) is 47.8 Å². The summed E-state index contributed by atoms with van der Waals surface area (Å²) in [4.78, 5) is 14.6. The van der Waals surface area contributed by atoms with Crippen molar-refractivity contribution in [2.45, 2.75) is 16.2 Å². The number of piperazine rings is 1. The Balaban J connectivity index is 1.43. The molecule has 1 fully saturated rings. The van der Waals surface area contributed by atoms with Crippen LogP contribution >= 0.6 is 0 Å².